The van der Waals surface area contributed by atoms with Crippen LogP contribution in [0.3, 0.4) is 0 Å². The van der Waals surface area contributed by atoms with E-state index in [1.54, 1.807) is 0 Å². The minimum Gasteiger partial charge on any atom is -0.372 e. The van der Waals surface area contributed by atoms with Crippen molar-refractivity contribution < 1.29 is 4.74 Å². The zero-order valence-electron chi connectivity index (χ0n) is 10.8. The molecule has 1 aromatic carbocycles. The van der Waals surface area contributed by atoms with Crippen molar-refractivity contribution in [1.29, 1.82) is 0 Å². The smallest absolute Gasteiger partial charge is 0.0949 e. The molecule has 0 aliphatic rings. The average Bonchev–Trinajstić information content (AvgIpc) is 2.24. The summed E-state index contributed by atoms with van der Waals surface area (Å²) >= 11 is 0. The van der Waals surface area contributed by atoms with Crippen LogP contribution in [0, 0.1) is 12.8 Å². The zero-order valence-corrected chi connectivity index (χ0v) is 10.8. The number of hydrogen-bond donors (Lipinski definition) is 1. The van der Waals surface area contributed by atoms with Gasteiger partial charge in [-0.15, -0.1) is 0 Å². The molecule has 0 amide bonds. The highest BCUT2D eigenvalue weighted by Crippen LogP contribution is 2.18. The first-order valence-electron chi connectivity index (χ1n) is 5.96. The molecule has 90 valence electrons. The summed E-state index contributed by atoms with van der Waals surface area (Å²) in [7, 11) is 1.96. The van der Waals surface area contributed by atoms with Gasteiger partial charge < -0.3 is 10.1 Å². The molecule has 0 saturated carbocycles. The standard InChI is InChI=1S/C14H23NO/c1-11(2)10-16-14(9-15-4)13-7-5-6-12(3)8-13/h5-8,11,14-15H,9-10H2,1-4H3. The minimum absolute atomic E-state index is 0.160. The Labute approximate surface area is 99.0 Å². The van der Waals surface area contributed by atoms with Crippen LogP contribution in [0.4, 0.5) is 0 Å². The molecule has 1 atom stereocenters. The maximum atomic E-state index is 5.92. The lowest BCUT2D eigenvalue weighted by atomic mass is 10.1. The topological polar surface area (TPSA) is 21.3 Å². The number of rotatable bonds is 6. The predicted octanol–water partition coefficient (Wildman–Crippen LogP) is 2.93. The Morgan fingerprint density at radius 3 is 2.62 bits per heavy atom. The number of hydrogen-bond acceptors (Lipinski definition) is 2. The number of aryl methyl sites for hydroxylation is 1. The quantitative estimate of drug-likeness (QED) is 0.797. The third kappa shape index (κ3) is 4.33. The van der Waals surface area contributed by atoms with Gasteiger partial charge in [0.2, 0.25) is 0 Å². The Balaban J connectivity index is 2.68. The Hall–Kier alpha value is -0.860. The van der Waals surface area contributed by atoms with Gasteiger partial charge in [0.05, 0.1) is 6.10 Å². The van der Waals surface area contributed by atoms with Crippen LogP contribution in [-0.4, -0.2) is 20.2 Å². The van der Waals surface area contributed by atoms with Crippen molar-refractivity contribution in [3.63, 3.8) is 0 Å². The number of ether oxygens (including phenoxy) is 1. The molecule has 2 nitrogen and oxygen atoms in total. The van der Waals surface area contributed by atoms with Gasteiger partial charge in [-0.2, -0.15) is 0 Å². The lowest BCUT2D eigenvalue weighted by Gasteiger charge is -2.19. The fraction of sp³-hybridized carbons (Fsp3) is 0.571. The van der Waals surface area contributed by atoms with Crippen LogP contribution in [0.15, 0.2) is 24.3 Å². The molecule has 1 unspecified atom stereocenters. The van der Waals surface area contributed by atoms with E-state index in [2.05, 4.69) is 50.4 Å². The summed E-state index contributed by atoms with van der Waals surface area (Å²) < 4.78 is 5.92. The molecular weight excluding hydrogens is 198 g/mol. The second-order valence-corrected chi connectivity index (χ2v) is 4.69. The van der Waals surface area contributed by atoms with E-state index in [1.165, 1.54) is 11.1 Å². The molecule has 0 bridgehead atoms. The van der Waals surface area contributed by atoms with Crippen molar-refractivity contribution in [2.24, 2.45) is 5.92 Å². The van der Waals surface area contributed by atoms with Crippen LogP contribution in [-0.2, 0) is 4.74 Å². The predicted molar refractivity (Wildman–Crippen MR) is 68.6 cm³/mol. The highest BCUT2D eigenvalue weighted by Gasteiger charge is 2.11. The Morgan fingerprint density at radius 1 is 1.31 bits per heavy atom. The van der Waals surface area contributed by atoms with E-state index in [1.807, 2.05) is 7.05 Å². The van der Waals surface area contributed by atoms with E-state index in [-0.39, 0.29) is 6.10 Å². The SMILES string of the molecule is CNCC(OCC(C)C)c1cccc(C)c1. The molecule has 16 heavy (non-hydrogen) atoms. The summed E-state index contributed by atoms with van der Waals surface area (Å²) in [5, 5.41) is 3.18. The monoisotopic (exact) mass is 221 g/mol. The second kappa shape index (κ2) is 6.66. The number of likely N-dealkylation sites (N-methyl/N-ethyl adjacent to an activating group) is 1. The maximum absolute atomic E-state index is 5.92. The van der Waals surface area contributed by atoms with Gasteiger partial charge in [-0.3, -0.25) is 0 Å². The van der Waals surface area contributed by atoms with Gasteiger partial charge in [-0.25, -0.2) is 0 Å². The van der Waals surface area contributed by atoms with Crippen molar-refractivity contribution in [3.05, 3.63) is 35.4 Å². The molecule has 0 aromatic heterocycles. The second-order valence-electron chi connectivity index (χ2n) is 4.69. The lowest BCUT2D eigenvalue weighted by molar-refractivity contribution is 0.0363. The Kier molecular flexibility index (Phi) is 5.50. The van der Waals surface area contributed by atoms with Gasteiger partial charge in [0.1, 0.15) is 0 Å². The zero-order chi connectivity index (χ0) is 12.0. The fourth-order valence-electron chi connectivity index (χ4n) is 1.64. The van der Waals surface area contributed by atoms with E-state index >= 15 is 0 Å². The largest absolute Gasteiger partial charge is 0.372 e. The average molecular weight is 221 g/mol. The number of nitrogens with one attached hydrogen (secondary N) is 1. The summed E-state index contributed by atoms with van der Waals surface area (Å²) in [5.74, 6) is 0.573. The molecule has 0 aliphatic carbocycles. The first-order chi connectivity index (χ1) is 7.63. The molecule has 0 saturated heterocycles. The summed E-state index contributed by atoms with van der Waals surface area (Å²) in [6, 6.07) is 8.53. The van der Waals surface area contributed by atoms with Gasteiger partial charge in [-0.05, 0) is 25.5 Å². The van der Waals surface area contributed by atoms with Crippen LogP contribution in [0.5, 0.6) is 0 Å². The third-order valence-corrected chi connectivity index (χ3v) is 2.43. The van der Waals surface area contributed by atoms with Crippen LogP contribution < -0.4 is 5.32 Å². The molecular formula is C14H23NO. The maximum Gasteiger partial charge on any atom is 0.0949 e. The van der Waals surface area contributed by atoms with E-state index in [0.717, 1.165) is 13.2 Å². The van der Waals surface area contributed by atoms with E-state index < -0.39 is 0 Å². The summed E-state index contributed by atoms with van der Waals surface area (Å²) in [6.07, 6.45) is 0.160. The van der Waals surface area contributed by atoms with Gasteiger partial charge in [0.15, 0.2) is 0 Å². The first-order valence-corrected chi connectivity index (χ1v) is 5.96. The van der Waals surface area contributed by atoms with E-state index in [9.17, 15) is 0 Å². The van der Waals surface area contributed by atoms with Gasteiger partial charge in [0, 0.05) is 13.2 Å². The van der Waals surface area contributed by atoms with Crippen LogP contribution >= 0.6 is 0 Å². The van der Waals surface area contributed by atoms with Crippen molar-refractivity contribution in [3.8, 4) is 0 Å². The summed E-state index contributed by atoms with van der Waals surface area (Å²) in [5.41, 5.74) is 2.54. The molecule has 1 rings (SSSR count). The van der Waals surface area contributed by atoms with Crippen molar-refractivity contribution in [2.75, 3.05) is 20.2 Å². The molecule has 1 aromatic rings. The molecule has 0 radical (unpaired) electrons. The van der Waals surface area contributed by atoms with Gasteiger partial charge >= 0.3 is 0 Å². The summed E-state index contributed by atoms with van der Waals surface area (Å²) in [4.78, 5) is 0. The van der Waals surface area contributed by atoms with Crippen LogP contribution in [0.25, 0.3) is 0 Å². The van der Waals surface area contributed by atoms with Crippen molar-refractivity contribution in [1.82, 2.24) is 5.32 Å². The fourth-order valence-corrected chi connectivity index (χ4v) is 1.64. The normalized spacial score (nSPS) is 13.1. The Bertz CT molecular complexity index is 309. The molecule has 2 heteroatoms. The van der Waals surface area contributed by atoms with Crippen LogP contribution in [0.1, 0.15) is 31.1 Å². The van der Waals surface area contributed by atoms with Crippen molar-refractivity contribution in [2.45, 2.75) is 26.9 Å². The van der Waals surface area contributed by atoms with Crippen LogP contribution in [0.2, 0.25) is 0 Å². The van der Waals surface area contributed by atoms with Gasteiger partial charge in [-0.1, -0.05) is 43.7 Å². The molecule has 0 spiro atoms. The molecule has 0 heterocycles. The van der Waals surface area contributed by atoms with Crippen molar-refractivity contribution >= 4 is 0 Å². The summed E-state index contributed by atoms with van der Waals surface area (Å²) in [6.45, 7) is 8.12. The molecule has 1 N–H and O–H groups in total. The van der Waals surface area contributed by atoms with E-state index in [0.29, 0.717) is 5.92 Å². The number of benzene rings is 1. The molecule has 0 fully saturated rings. The van der Waals surface area contributed by atoms with Gasteiger partial charge in [0.25, 0.3) is 0 Å². The minimum atomic E-state index is 0.160. The highest BCUT2D eigenvalue weighted by molar-refractivity contribution is 5.24. The first kappa shape index (κ1) is 13.2. The highest BCUT2D eigenvalue weighted by atomic mass is 16.5. The van der Waals surface area contributed by atoms with E-state index in [4.69, 9.17) is 4.74 Å². The third-order valence-electron chi connectivity index (χ3n) is 2.43. The lowest BCUT2D eigenvalue weighted by Crippen LogP contribution is -2.21. The Morgan fingerprint density at radius 2 is 2.06 bits per heavy atom. The molecule has 0 aliphatic heterocycles.